The summed E-state index contributed by atoms with van der Waals surface area (Å²) in [4.78, 5) is 7.30. The number of rotatable bonds is 9. The van der Waals surface area contributed by atoms with Crippen LogP contribution in [0, 0.1) is 5.92 Å². The maximum atomic E-state index is 5.20. The average Bonchev–Trinajstić information content (AvgIpc) is 2.66. The van der Waals surface area contributed by atoms with Crippen LogP contribution in [0.25, 0.3) is 0 Å². The summed E-state index contributed by atoms with van der Waals surface area (Å²) in [5, 5.41) is 6.78. The lowest BCUT2D eigenvalue weighted by atomic mass is 10.0. The van der Waals surface area contributed by atoms with Crippen molar-refractivity contribution in [1.82, 2.24) is 15.5 Å². The van der Waals surface area contributed by atoms with Crippen LogP contribution in [0.4, 0.5) is 0 Å². The summed E-state index contributed by atoms with van der Waals surface area (Å²) in [7, 11) is 1.69. The Balaban J connectivity index is 1.67. The van der Waals surface area contributed by atoms with E-state index in [2.05, 4.69) is 46.5 Å². The number of likely N-dealkylation sites (tertiary alicyclic amines) is 1. The van der Waals surface area contributed by atoms with Crippen LogP contribution in [0.3, 0.4) is 0 Å². The van der Waals surface area contributed by atoms with Gasteiger partial charge in [-0.3, -0.25) is 0 Å². The van der Waals surface area contributed by atoms with Gasteiger partial charge in [-0.15, -0.1) is 0 Å². The zero-order valence-electron chi connectivity index (χ0n) is 16.8. The molecule has 1 atom stereocenters. The maximum Gasteiger partial charge on any atom is 0.191 e. The highest BCUT2D eigenvalue weighted by atomic mass is 16.5. The quantitative estimate of drug-likeness (QED) is 0.403. The number of hydrogen-bond donors (Lipinski definition) is 2. The van der Waals surface area contributed by atoms with E-state index < -0.39 is 0 Å². The van der Waals surface area contributed by atoms with Gasteiger partial charge in [0.1, 0.15) is 5.75 Å². The molecule has 1 saturated heterocycles. The van der Waals surface area contributed by atoms with Crippen LogP contribution in [0.5, 0.6) is 5.75 Å². The zero-order valence-corrected chi connectivity index (χ0v) is 16.8. The van der Waals surface area contributed by atoms with Crippen molar-refractivity contribution in [3.63, 3.8) is 0 Å². The minimum absolute atomic E-state index is 0.672. The molecule has 1 unspecified atom stereocenters. The van der Waals surface area contributed by atoms with Gasteiger partial charge in [-0.2, -0.15) is 0 Å². The first-order chi connectivity index (χ1) is 12.7. The Labute approximate surface area is 159 Å². The van der Waals surface area contributed by atoms with Gasteiger partial charge in [0.25, 0.3) is 0 Å². The largest absolute Gasteiger partial charge is 0.497 e. The van der Waals surface area contributed by atoms with E-state index in [0.717, 1.165) is 30.7 Å². The molecule has 1 heterocycles. The number of unbranched alkanes of at least 4 members (excludes halogenated alkanes) is 1. The normalized spacial score (nSPS) is 18.6. The van der Waals surface area contributed by atoms with Gasteiger partial charge in [0.05, 0.1) is 13.7 Å². The van der Waals surface area contributed by atoms with E-state index in [1.54, 1.807) is 7.11 Å². The van der Waals surface area contributed by atoms with Crippen LogP contribution < -0.4 is 15.4 Å². The monoisotopic (exact) mass is 360 g/mol. The fourth-order valence-corrected chi connectivity index (χ4v) is 3.40. The lowest BCUT2D eigenvalue weighted by Crippen LogP contribution is -2.38. The van der Waals surface area contributed by atoms with E-state index >= 15 is 0 Å². The third-order valence-corrected chi connectivity index (χ3v) is 4.86. The number of hydrogen-bond acceptors (Lipinski definition) is 3. The maximum absolute atomic E-state index is 5.20. The highest BCUT2D eigenvalue weighted by molar-refractivity contribution is 5.79. The molecule has 2 N–H and O–H groups in total. The predicted molar refractivity (Wildman–Crippen MR) is 110 cm³/mol. The summed E-state index contributed by atoms with van der Waals surface area (Å²) in [6, 6.07) is 8.08. The van der Waals surface area contributed by atoms with Crippen molar-refractivity contribution in [2.45, 2.75) is 46.1 Å². The van der Waals surface area contributed by atoms with Gasteiger partial charge in [0.2, 0.25) is 0 Å². The number of aliphatic imine (C=N–C) groups is 1. The Kier molecular flexibility index (Phi) is 9.32. The standard InChI is InChI=1S/C21H36N4O/c1-4-22-21(24-16-19-9-11-20(26-3)12-10-19)23-13-5-6-14-25-15-7-8-18(2)17-25/h9-12,18H,4-8,13-17H2,1-3H3,(H2,22,23,24). The second-order valence-corrected chi connectivity index (χ2v) is 7.23. The smallest absolute Gasteiger partial charge is 0.191 e. The second-order valence-electron chi connectivity index (χ2n) is 7.23. The van der Waals surface area contributed by atoms with Crippen molar-refractivity contribution in [1.29, 1.82) is 0 Å². The van der Waals surface area contributed by atoms with Crippen LogP contribution in [-0.4, -0.2) is 50.7 Å². The van der Waals surface area contributed by atoms with Crippen LogP contribution in [0.2, 0.25) is 0 Å². The van der Waals surface area contributed by atoms with Crippen molar-refractivity contribution in [2.75, 3.05) is 39.8 Å². The van der Waals surface area contributed by atoms with E-state index in [9.17, 15) is 0 Å². The van der Waals surface area contributed by atoms with E-state index in [-0.39, 0.29) is 0 Å². The van der Waals surface area contributed by atoms with Gasteiger partial charge in [0, 0.05) is 19.6 Å². The third kappa shape index (κ3) is 7.65. The van der Waals surface area contributed by atoms with Crippen molar-refractivity contribution >= 4 is 5.96 Å². The minimum atomic E-state index is 0.672. The molecule has 0 radical (unpaired) electrons. The third-order valence-electron chi connectivity index (χ3n) is 4.86. The molecule has 0 aromatic heterocycles. The SMILES string of the molecule is CCNC(=NCc1ccc(OC)cc1)NCCCCN1CCCC(C)C1. The number of guanidine groups is 1. The number of nitrogens with zero attached hydrogens (tertiary/aromatic N) is 2. The molecule has 0 bridgehead atoms. The lowest BCUT2D eigenvalue weighted by Gasteiger charge is -2.30. The molecule has 0 saturated carbocycles. The lowest BCUT2D eigenvalue weighted by molar-refractivity contribution is 0.181. The Morgan fingerprint density at radius 1 is 1.23 bits per heavy atom. The number of piperidine rings is 1. The molecule has 1 fully saturated rings. The first kappa shape index (κ1) is 20.6. The van der Waals surface area contributed by atoms with Gasteiger partial charge >= 0.3 is 0 Å². The molecule has 1 aromatic rings. The van der Waals surface area contributed by atoms with E-state index in [4.69, 9.17) is 4.74 Å². The molecule has 2 rings (SSSR count). The Morgan fingerprint density at radius 3 is 2.73 bits per heavy atom. The molecule has 1 aliphatic rings. The Bertz CT molecular complexity index is 529. The topological polar surface area (TPSA) is 48.9 Å². The van der Waals surface area contributed by atoms with Crippen LogP contribution in [0.1, 0.15) is 45.1 Å². The second kappa shape index (κ2) is 11.8. The molecule has 0 spiro atoms. The van der Waals surface area contributed by atoms with Gasteiger partial charge in [-0.1, -0.05) is 19.1 Å². The summed E-state index contributed by atoms with van der Waals surface area (Å²) in [6.45, 7) is 10.8. The van der Waals surface area contributed by atoms with E-state index in [1.165, 1.54) is 50.9 Å². The molecule has 5 heteroatoms. The molecule has 146 valence electrons. The van der Waals surface area contributed by atoms with E-state index in [1.807, 2.05) is 12.1 Å². The van der Waals surface area contributed by atoms with Gasteiger partial charge in [0.15, 0.2) is 5.96 Å². The first-order valence-corrected chi connectivity index (χ1v) is 10.1. The van der Waals surface area contributed by atoms with Crippen molar-refractivity contribution in [2.24, 2.45) is 10.9 Å². The van der Waals surface area contributed by atoms with Crippen molar-refractivity contribution in [3.05, 3.63) is 29.8 Å². The highest BCUT2D eigenvalue weighted by Gasteiger charge is 2.15. The summed E-state index contributed by atoms with van der Waals surface area (Å²) in [5.41, 5.74) is 1.18. The summed E-state index contributed by atoms with van der Waals surface area (Å²) < 4.78 is 5.20. The molecule has 26 heavy (non-hydrogen) atoms. The molecule has 0 amide bonds. The molecule has 0 aliphatic carbocycles. The van der Waals surface area contributed by atoms with Crippen LogP contribution in [0.15, 0.2) is 29.3 Å². The van der Waals surface area contributed by atoms with Crippen LogP contribution in [-0.2, 0) is 6.54 Å². The summed E-state index contributed by atoms with van der Waals surface area (Å²) >= 11 is 0. The number of ether oxygens (including phenoxy) is 1. The number of methoxy groups -OCH3 is 1. The van der Waals surface area contributed by atoms with Crippen LogP contribution >= 0.6 is 0 Å². The summed E-state index contributed by atoms with van der Waals surface area (Å²) in [6.07, 6.45) is 5.19. The van der Waals surface area contributed by atoms with Gasteiger partial charge < -0.3 is 20.3 Å². The predicted octanol–water partition coefficient (Wildman–Crippen LogP) is 3.26. The molecular formula is C21H36N4O. The molecule has 1 aromatic carbocycles. The number of benzene rings is 1. The number of nitrogens with one attached hydrogen (secondary N) is 2. The first-order valence-electron chi connectivity index (χ1n) is 10.1. The summed E-state index contributed by atoms with van der Waals surface area (Å²) in [5.74, 6) is 2.65. The molecule has 1 aliphatic heterocycles. The van der Waals surface area contributed by atoms with E-state index in [0.29, 0.717) is 6.54 Å². The fourth-order valence-electron chi connectivity index (χ4n) is 3.40. The minimum Gasteiger partial charge on any atom is -0.497 e. The highest BCUT2D eigenvalue weighted by Crippen LogP contribution is 2.15. The molecular weight excluding hydrogens is 324 g/mol. The Morgan fingerprint density at radius 2 is 2.04 bits per heavy atom. The van der Waals surface area contributed by atoms with Crippen molar-refractivity contribution < 1.29 is 4.74 Å². The molecule has 5 nitrogen and oxygen atoms in total. The average molecular weight is 361 g/mol. The zero-order chi connectivity index (χ0) is 18.6. The van der Waals surface area contributed by atoms with Gasteiger partial charge in [-0.05, 0) is 69.3 Å². The van der Waals surface area contributed by atoms with Gasteiger partial charge in [-0.25, -0.2) is 4.99 Å². The van der Waals surface area contributed by atoms with Crippen molar-refractivity contribution in [3.8, 4) is 5.75 Å². The fraction of sp³-hybridized carbons (Fsp3) is 0.667. The Hall–Kier alpha value is -1.75.